The highest BCUT2D eigenvalue weighted by Crippen LogP contribution is 2.23. The van der Waals surface area contributed by atoms with E-state index in [4.69, 9.17) is 10.5 Å². The lowest BCUT2D eigenvalue weighted by atomic mass is 10.1. The van der Waals surface area contributed by atoms with Gasteiger partial charge >= 0.3 is 0 Å². The lowest BCUT2D eigenvalue weighted by Gasteiger charge is -2.11. The first-order chi connectivity index (χ1) is 6.29. The highest BCUT2D eigenvalue weighted by atomic mass is 32.1. The van der Waals surface area contributed by atoms with Gasteiger partial charge < -0.3 is 10.5 Å². The molecule has 1 aromatic heterocycles. The van der Waals surface area contributed by atoms with Gasteiger partial charge in [-0.25, -0.2) is 0 Å². The molecule has 0 fully saturated rings. The maximum absolute atomic E-state index is 5.99. The van der Waals surface area contributed by atoms with Crippen molar-refractivity contribution in [3.8, 4) is 0 Å². The van der Waals surface area contributed by atoms with E-state index in [-0.39, 0.29) is 6.04 Å². The number of thiophene rings is 1. The smallest absolute Gasteiger partial charge is 0.0667 e. The zero-order valence-corrected chi connectivity index (χ0v) is 9.06. The molecule has 0 amide bonds. The van der Waals surface area contributed by atoms with Crippen LogP contribution in [0, 0.1) is 0 Å². The van der Waals surface area contributed by atoms with Gasteiger partial charge in [-0.2, -0.15) is 0 Å². The van der Waals surface area contributed by atoms with Crippen molar-refractivity contribution in [3.05, 3.63) is 21.9 Å². The molecule has 0 aliphatic heterocycles. The lowest BCUT2D eigenvalue weighted by molar-refractivity contribution is 0.134. The number of aryl methyl sites for hydroxylation is 1. The van der Waals surface area contributed by atoms with E-state index in [1.807, 2.05) is 6.92 Å². The minimum atomic E-state index is 0.0508. The van der Waals surface area contributed by atoms with Crippen LogP contribution in [-0.2, 0) is 11.2 Å². The minimum absolute atomic E-state index is 0.0508. The van der Waals surface area contributed by atoms with Crippen LogP contribution in [0.15, 0.2) is 11.4 Å². The predicted molar refractivity (Wildman–Crippen MR) is 57.1 cm³/mol. The van der Waals surface area contributed by atoms with Crippen LogP contribution in [0.1, 0.15) is 30.3 Å². The van der Waals surface area contributed by atoms with Gasteiger partial charge in [-0.15, -0.1) is 11.3 Å². The van der Waals surface area contributed by atoms with Crippen molar-refractivity contribution >= 4 is 11.3 Å². The molecular weight excluding hydrogens is 182 g/mol. The highest BCUT2D eigenvalue weighted by molar-refractivity contribution is 7.10. The van der Waals surface area contributed by atoms with Crippen LogP contribution in [0.2, 0.25) is 0 Å². The van der Waals surface area contributed by atoms with Crippen molar-refractivity contribution in [1.29, 1.82) is 0 Å². The zero-order valence-electron chi connectivity index (χ0n) is 8.25. The third-order valence-electron chi connectivity index (χ3n) is 2.00. The average molecular weight is 199 g/mol. The molecule has 1 rings (SSSR count). The molecule has 0 aromatic carbocycles. The fraction of sp³-hybridized carbons (Fsp3) is 0.600. The largest absolute Gasteiger partial charge is 0.380 e. The van der Waals surface area contributed by atoms with Crippen LogP contribution in [0.25, 0.3) is 0 Å². The Morgan fingerprint density at radius 2 is 2.31 bits per heavy atom. The van der Waals surface area contributed by atoms with Gasteiger partial charge in [-0.1, -0.05) is 6.92 Å². The summed E-state index contributed by atoms with van der Waals surface area (Å²) in [6.07, 6.45) is 1.05. The Balaban J connectivity index is 2.59. The van der Waals surface area contributed by atoms with E-state index in [1.54, 1.807) is 11.3 Å². The molecule has 2 nitrogen and oxygen atoms in total. The summed E-state index contributed by atoms with van der Waals surface area (Å²) in [5.74, 6) is 0. The summed E-state index contributed by atoms with van der Waals surface area (Å²) in [5, 5.41) is 2.10. The summed E-state index contributed by atoms with van der Waals surface area (Å²) in [6, 6.07) is 2.20. The molecule has 0 aliphatic carbocycles. The lowest BCUT2D eigenvalue weighted by Crippen LogP contribution is -2.17. The SMILES string of the molecule is CCOCC(N)c1sccc1CC. The van der Waals surface area contributed by atoms with Crippen molar-refractivity contribution in [2.24, 2.45) is 5.73 Å². The Bertz CT molecular complexity index is 247. The fourth-order valence-corrected chi connectivity index (χ4v) is 2.27. The number of hydrogen-bond donors (Lipinski definition) is 1. The third kappa shape index (κ3) is 2.79. The van der Waals surface area contributed by atoms with E-state index in [2.05, 4.69) is 18.4 Å². The molecule has 0 spiro atoms. The van der Waals surface area contributed by atoms with Gasteiger partial charge in [-0.3, -0.25) is 0 Å². The average Bonchev–Trinajstić information content (AvgIpc) is 2.61. The van der Waals surface area contributed by atoms with E-state index in [0.717, 1.165) is 13.0 Å². The fourth-order valence-electron chi connectivity index (χ4n) is 1.29. The number of ether oxygens (including phenoxy) is 1. The molecule has 1 unspecified atom stereocenters. The molecule has 74 valence electrons. The summed E-state index contributed by atoms with van der Waals surface area (Å²) in [5.41, 5.74) is 7.35. The van der Waals surface area contributed by atoms with Gasteiger partial charge in [0.2, 0.25) is 0 Å². The summed E-state index contributed by atoms with van der Waals surface area (Å²) in [7, 11) is 0. The van der Waals surface area contributed by atoms with Crippen molar-refractivity contribution in [2.45, 2.75) is 26.3 Å². The Labute approximate surface area is 83.7 Å². The molecular formula is C10H17NOS. The molecule has 0 radical (unpaired) electrons. The van der Waals surface area contributed by atoms with Crippen molar-refractivity contribution in [3.63, 3.8) is 0 Å². The zero-order chi connectivity index (χ0) is 9.68. The monoisotopic (exact) mass is 199 g/mol. The molecule has 0 saturated heterocycles. The Morgan fingerprint density at radius 3 is 2.92 bits per heavy atom. The van der Waals surface area contributed by atoms with Gasteiger partial charge in [0.15, 0.2) is 0 Å². The van der Waals surface area contributed by atoms with Crippen molar-refractivity contribution in [1.82, 2.24) is 0 Å². The van der Waals surface area contributed by atoms with Gasteiger partial charge in [0.05, 0.1) is 12.6 Å². The van der Waals surface area contributed by atoms with Crippen LogP contribution < -0.4 is 5.73 Å². The molecule has 1 heterocycles. The predicted octanol–water partition coefficient (Wildman–Crippen LogP) is 2.35. The number of rotatable bonds is 5. The molecule has 13 heavy (non-hydrogen) atoms. The van der Waals surface area contributed by atoms with Crippen LogP contribution >= 0.6 is 11.3 Å². The second-order valence-electron chi connectivity index (χ2n) is 2.93. The summed E-state index contributed by atoms with van der Waals surface area (Å²) in [6.45, 7) is 5.51. The number of nitrogens with two attached hydrogens (primary N) is 1. The van der Waals surface area contributed by atoms with E-state index in [9.17, 15) is 0 Å². The quantitative estimate of drug-likeness (QED) is 0.790. The van der Waals surface area contributed by atoms with E-state index >= 15 is 0 Å². The Kier molecular flexibility index (Phi) is 4.42. The van der Waals surface area contributed by atoms with E-state index < -0.39 is 0 Å². The van der Waals surface area contributed by atoms with E-state index in [1.165, 1.54) is 10.4 Å². The van der Waals surface area contributed by atoms with E-state index in [0.29, 0.717) is 6.61 Å². The van der Waals surface area contributed by atoms with Gasteiger partial charge in [0.1, 0.15) is 0 Å². The maximum Gasteiger partial charge on any atom is 0.0667 e. The molecule has 0 bridgehead atoms. The standard InChI is InChI=1S/C10H17NOS/c1-3-8-5-6-13-10(8)9(11)7-12-4-2/h5-6,9H,3-4,7,11H2,1-2H3. The Morgan fingerprint density at radius 1 is 1.54 bits per heavy atom. The topological polar surface area (TPSA) is 35.2 Å². The molecule has 2 N–H and O–H groups in total. The molecule has 3 heteroatoms. The first-order valence-corrected chi connectivity index (χ1v) is 5.57. The van der Waals surface area contributed by atoms with Gasteiger partial charge in [-0.05, 0) is 30.4 Å². The van der Waals surface area contributed by atoms with Crippen molar-refractivity contribution < 1.29 is 4.74 Å². The third-order valence-corrected chi connectivity index (χ3v) is 3.09. The first-order valence-electron chi connectivity index (χ1n) is 4.69. The van der Waals surface area contributed by atoms with Crippen molar-refractivity contribution in [2.75, 3.05) is 13.2 Å². The molecule has 1 atom stereocenters. The highest BCUT2D eigenvalue weighted by Gasteiger charge is 2.11. The van der Waals surface area contributed by atoms with Crippen LogP contribution in [0.5, 0.6) is 0 Å². The second-order valence-corrected chi connectivity index (χ2v) is 3.88. The summed E-state index contributed by atoms with van der Waals surface area (Å²) < 4.78 is 5.30. The molecule has 1 aromatic rings. The normalized spacial score (nSPS) is 13.2. The summed E-state index contributed by atoms with van der Waals surface area (Å²) >= 11 is 1.73. The first kappa shape index (κ1) is 10.7. The van der Waals surface area contributed by atoms with Crippen LogP contribution in [-0.4, -0.2) is 13.2 Å². The minimum Gasteiger partial charge on any atom is -0.380 e. The summed E-state index contributed by atoms with van der Waals surface area (Å²) in [4.78, 5) is 1.27. The maximum atomic E-state index is 5.99. The molecule has 0 saturated carbocycles. The van der Waals surface area contributed by atoms with Crippen LogP contribution in [0.3, 0.4) is 0 Å². The van der Waals surface area contributed by atoms with Gasteiger partial charge in [0, 0.05) is 11.5 Å². The molecule has 0 aliphatic rings. The number of hydrogen-bond acceptors (Lipinski definition) is 3. The van der Waals surface area contributed by atoms with Gasteiger partial charge in [0.25, 0.3) is 0 Å². The second kappa shape index (κ2) is 5.37. The Hall–Kier alpha value is -0.380. The van der Waals surface area contributed by atoms with Crippen LogP contribution in [0.4, 0.5) is 0 Å².